The molecule has 42 heavy (non-hydrogen) atoms. The molecule has 3 amide bonds. The third-order valence-electron chi connectivity index (χ3n) is 5.90. The number of hydrogen-bond donors (Lipinski definition) is 10. The molecular weight excluding hydrogens is 578 g/mol. The minimum Gasteiger partial charge on any atom is -0.506 e. The lowest BCUT2D eigenvalue weighted by Crippen LogP contribution is -2.58. The zero-order chi connectivity index (χ0) is 32.2. The monoisotopic (exact) mass is 615 g/mol. The summed E-state index contributed by atoms with van der Waals surface area (Å²) < 4.78 is 0. The molecule has 3 unspecified atom stereocenters. The number of nitrogens with one attached hydrogen (secondary N) is 3. The van der Waals surface area contributed by atoms with Gasteiger partial charge in [-0.1, -0.05) is 18.0 Å². The van der Waals surface area contributed by atoms with Crippen LogP contribution < -0.4 is 27.4 Å². The first-order valence-corrected chi connectivity index (χ1v) is 13.3. The zero-order valence-electron chi connectivity index (χ0n) is 23.2. The minimum absolute atomic E-state index is 0.0101. The average molecular weight is 616 g/mol. The highest BCUT2D eigenvalue weighted by Crippen LogP contribution is 2.34. The number of aliphatic hydroxyl groups is 1. The lowest BCUT2D eigenvalue weighted by atomic mass is 9.97. The molecule has 1 aromatic carbocycles. The van der Waals surface area contributed by atoms with Crippen molar-refractivity contribution in [3.63, 3.8) is 0 Å². The molecule has 15 nitrogen and oxygen atoms in total. The molecule has 0 saturated heterocycles. The zero-order valence-corrected chi connectivity index (χ0v) is 24.0. The summed E-state index contributed by atoms with van der Waals surface area (Å²) in [6.07, 6.45) is 2.17. The number of carboxylic acid groups (broad SMARTS) is 2. The molecule has 1 rings (SSSR count). The second-order valence-electron chi connectivity index (χ2n) is 10.2. The lowest BCUT2D eigenvalue weighted by Gasteiger charge is -2.29. The fraction of sp³-hybridized carbons (Fsp3) is 0.500. The van der Waals surface area contributed by atoms with Crippen LogP contribution in [0.3, 0.4) is 0 Å². The van der Waals surface area contributed by atoms with E-state index in [0.717, 1.165) is 18.2 Å². The van der Waals surface area contributed by atoms with Gasteiger partial charge in [-0.15, -0.1) is 0 Å². The van der Waals surface area contributed by atoms with Crippen LogP contribution in [-0.2, 0) is 24.0 Å². The second kappa shape index (κ2) is 16.5. The summed E-state index contributed by atoms with van der Waals surface area (Å²) in [7, 11) is 0. The summed E-state index contributed by atoms with van der Waals surface area (Å²) in [5.74, 6) is -5.89. The van der Waals surface area contributed by atoms with E-state index < -0.39 is 64.7 Å². The van der Waals surface area contributed by atoms with Crippen molar-refractivity contribution >= 4 is 47.3 Å². The standard InChI is InChI=1S/C26H38ClN5O10/c1-26(2,42)22(23(37)31-16(25(40)41)9-13-10-17(33)21(27)18(34)11-13)32-20(36)12-14(28)5-3-4-8-30-19(35)7-6-15(29)24(38)39/h9-11,14-15,22,33-34,42H,3-8,12,28-29H2,1-2H3,(H,30,35)(H,31,37)(H,32,36)(H,38,39)(H,40,41)/b16-9-. The maximum absolute atomic E-state index is 12.9. The maximum Gasteiger partial charge on any atom is 0.352 e. The number of aromatic hydroxyl groups is 2. The molecule has 0 aliphatic heterocycles. The fourth-order valence-corrected chi connectivity index (χ4v) is 3.71. The molecule has 0 aliphatic rings. The van der Waals surface area contributed by atoms with E-state index in [0.29, 0.717) is 25.8 Å². The van der Waals surface area contributed by atoms with E-state index in [1.54, 1.807) is 0 Å². The van der Waals surface area contributed by atoms with Crippen LogP contribution in [0.25, 0.3) is 6.08 Å². The van der Waals surface area contributed by atoms with Crippen LogP contribution in [0.15, 0.2) is 17.8 Å². The van der Waals surface area contributed by atoms with Crippen LogP contribution in [0.1, 0.15) is 57.9 Å². The number of carbonyl (C=O) groups excluding carboxylic acids is 3. The molecule has 0 aliphatic carbocycles. The van der Waals surface area contributed by atoms with Crippen molar-refractivity contribution in [3.8, 4) is 11.5 Å². The third kappa shape index (κ3) is 12.7. The SMILES string of the molecule is CC(C)(O)C(NC(=O)CC(N)CCCCNC(=O)CCC(N)C(=O)O)C(=O)N/C(=C\c1cc(O)c(Cl)c(O)c1)C(=O)O. The van der Waals surface area contributed by atoms with Gasteiger partial charge in [0, 0.05) is 25.4 Å². The molecule has 0 saturated carbocycles. The number of phenolic OH excluding ortho intramolecular Hbond substituents is 2. The number of carboxylic acids is 2. The highest BCUT2D eigenvalue weighted by atomic mass is 35.5. The predicted molar refractivity (Wildman–Crippen MR) is 151 cm³/mol. The van der Waals surface area contributed by atoms with Gasteiger partial charge in [-0.2, -0.15) is 0 Å². The molecule has 0 radical (unpaired) electrons. The number of nitrogens with two attached hydrogens (primary N) is 2. The number of phenols is 2. The number of rotatable bonds is 17. The van der Waals surface area contributed by atoms with Gasteiger partial charge in [0.05, 0.1) is 5.60 Å². The molecule has 0 heterocycles. The number of carbonyl (C=O) groups is 5. The average Bonchev–Trinajstić information content (AvgIpc) is 2.87. The summed E-state index contributed by atoms with van der Waals surface area (Å²) >= 11 is 5.67. The molecule has 0 fully saturated rings. The number of benzene rings is 1. The summed E-state index contributed by atoms with van der Waals surface area (Å²) in [6, 6.07) is -1.21. The van der Waals surface area contributed by atoms with Crippen molar-refractivity contribution in [1.29, 1.82) is 0 Å². The number of hydrogen-bond acceptors (Lipinski definition) is 10. The summed E-state index contributed by atoms with van der Waals surface area (Å²) in [4.78, 5) is 59.7. The number of amides is 3. The number of unbranched alkanes of at least 4 members (excludes halogenated alkanes) is 1. The fourth-order valence-electron chi connectivity index (χ4n) is 3.60. The van der Waals surface area contributed by atoms with Gasteiger partial charge in [-0.25, -0.2) is 4.79 Å². The first-order chi connectivity index (χ1) is 19.4. The maximum atomic E-state index is 12.9. The van der Waals surface area contributed by atoms with Gasteiger partial charge in [0.2, 0.25) is 17.7 Å². The molecule has 16 heteroatoms. The van der Waals surface area contributed by atoms with Crippen molar-refractivity contribution in [2.24, 2.45) is 11.5 Å². The highest BCUT2D eigenvalue weighted by Gasteiger charge is 2.36. The Kier molecular flexibility index (Phi) is 14.2. The van der Waals surface area contributed by atoms with Crippen molar-refractivity contribution in [2.45, 2.75) is 76.1 Å². The van der Waals surface area contributed by atoms with Gasteiger partial charge in [-0.05, 0) is 56.9 Å². The van der Waals surface area contributed by atoms with Crippen LogP contribution in [0.5, 0.6) is 11.5 Å². The smallest absolute Gasteiger partial charge is 0.352 e. The van der Waals surface area contributed by atoms with Crippen LogP contribution in [0.4, 0.5) is 0 Å². The van der Waals surface area contributed by atoms with E-state index in [-0.39, 0.29) is 35.8 Å². The Labute approximate surface area is 246 Å². The Morgan fingerprint density at radius 2 is 1.60 bits per heavy atom. The van der Waals surface area contributed by atoms with Crippen LogP contribution >= 0.6 is 11.6 Å². The van der Waals surface area contributed by atoms with E-state index in [9.17, 15) is 44.4 Å². The van der Waals surface area contributed by atoms with Gasteiger partial charge in [0.25, 0.3) is 0 Å². The Hall–Kier alpha value is -3.92. The summed E-state index contributed by atoms with van der Waals surface area (Å²) in [5.41, 5.74) is 8.85. The lowest BCUT2D eigenvalue weighted by molar-refractivity contribution is -0.139. The molecule has 0 spiro atoms. The van der Waals surface area contributed by atoms with Crippen molar-refractivity contribution in [3.05, 3.63) is 28.4 Å². The predicted octanol–water partition coefficient (Wildman–Crippen LogP) is -0.255. The van der Waals surface area contributed by atoms with Gasteiger partial charge < -0.3 is 53.0 Å². The Balaban J connectivity index is 2.68. The Morgan fingerprint density at radius 1 is 1.00 bits per heavy atom. The van der Waals surface area contributed by atoms with Gasteiger partial charge in [0.15, 0.2) is 0 Å². The van der Waals surface area contributed by atoms with E-state index in [1.165, 1.54) is 13.8 Å². The van der Waals surface area contributed by atoms with Crippen molar-refractivity contribution in [2.75, 3.05) is 6.54 Å². The summed E-state index contributed by atoms with van der Waals surface area (Å²) in [6.45, 7) is 2.79. The third-order valence-corrected chi connectivity index (χ3v) is 6.29. The minimum atomic E-state index is -1.82. The van der Waals surface area contributed by atoms with Gasteiger partial charge in [0.1, 0.15) is 34.3 Å². The summed E-state index contributed by atoms with van der Waals surface area (Å²) in [5, 5.41) is 55.0. The van der Waals surface area contributed by atoms with E-state index >= 15 is 0 Å². The molecule has 234 valence electrons. The van der Waals surface area contributed by atoms with Crippen molar-refractivity contribution < 1.29 is 49.5 Å². The molecule has 1 aromatic rings. The number of halogens is 1. The normalized spacial score (nSPS) is 13.9. The van der Waals surface area contributed by atoms with E-state index in [4.69, 9.17) is 28.2 Å². The largest absolute Gasteiger partial charge is 0.506 e. The van der Waals surface area contributed by atoms with E-state index in [2.05, 4.69) is 16.0 Å². The van der Waals surface area contributed by atoms with Crippen LogP contribution in [0.2, 0.25) is 5.02 Å². The van der Waals surface area contributed by atoms with E-state index in [1.807, 2.05) is 0 Å². The molecular formula is C26H38ClN5O10. The number of aliphatic carboxylic acids is 2. The van der Waals surface area contributed by atoms with Crippen molar-refractivity contribution in [1.82, 2.24) is 16.0 Å². The molecule has 0 bridgehead atoms. The van der Waals surface area contributed by atoms with Gasteiger partial charge in [-0.3, -0.25) is 19.2 Å². The first kappa shape index (κ1) is 36.1. The van der Waals surface area contributed by atoms with Crippen LogP contribution in [-0.4, -0.2) is 85.5 Å². The first-order valence-electron chi connectivity index (χ1n) is 12.9. The molecule has 0 aromatic heterocycles. The van der Waals surface area contributed by atoms with Crippen LogP contribution in [0, 0.1) is 0 Å². The molecule has 12 N–H and O–H groups in total. The topological polar surface area (TPSA) is 275 Å². The van der Waals surface area contributed by atoms with Gasteiger partial charge >= 0.3 is 11.9 Å². The molecule has 3 atom stereocenters. The Bertz CT molecular complexity index is 1160. The highest BCUT2D eigenvalue weighted by molar-refractivity contribution is 6.33. The second-order valence-corrected chi connectivity index (χ2v) is 10.6. The quantitative estimate of drug-likeness (QED) is 0.0802. The Morgan fingerprint density at radius 3 is 2.12 bits per heavy atom.